The minimum Gasteiger partial charge on any atom is -0.454 e. The first kappa shape index (κ1) is 16.7. The summed E-state index contributed by atoms with van der Waals surface area (Å²) in [5.41, 5.74) is 1.57. The van der Waals surface area contributed by atoms with Crippen molar-refractivity contribution < 1.29 is 19.0 Å². The average molecular weight is 355 g/mol. The minimum absolute atomic E-state index is 0.201. The summed E-state index contributed by atoms with van der Waals surface area (Å²) >= 11 is 0. The lowest BCUT2D eigenvalue weighted by Gasteiger charge is -2.21. The van der Waals surface area contributed by atoms with E-state index >= 15 is 0 Å². The Hall–Kier alpha value is -2.80. The van der Waals surface area contributed by atoms with Crippen molar-refractivity contribution in [1.29, 1.82) is 0 Å². The maximum Gasteiger partial charge on any atom is 0.248 e. The molecule has 1 aromatic carbocycles. The SMILES string of the molecule is O=C(/C=C/c1ccc2c(c1)OCO2)Nc1cnn(CC2CCOCC2)c1. The van der Waals surface area contributed by atoms with Gasteiger partial charge in [0, 0.05) is 32.0 Å². The van der Waals surface area contributed by atoms with Crippen LogP contribution in [0.15, 0.2) is 36.7 Å². The van der Waals surface area contributed by atoms with Crippen LogP contribution in [0.2, 0.25) is 0 Å². The van der Waals surface area contributed by atoms with E-state index in [0.29, 0.717) is 17.4 Å². The summed E-state index contributed by atoms with van der Waals surface area (Å²) in [6.45, 7) is 2.73. The molecule has 7 heteroatoms. The molecular formula is C19H21N3O4. The molecule has 0 unspecified atom stereocenters. The highest BCUT2D eigenvalue weighted by Gasteiger charge is 2.15. The summed E-state index contributed by atoms with van der Waals surface area (Å²) in [4.78, 5) is 12.1. The molecule has 1 aromatic heterocycles. The summed E-state index contributed by atoms with van der Waals surface area (Å²) in [6.07, 6.45) is 8.88. The Labute approximate surface area is 151 Å². The molecule has 136 valence electrons. The molecule has 0 saturated carbocycles. The van der Waals surface area contributed by atoms with E-state index in [1.807, 2.05) is 29.1 Å². The molecule has 3 heterocycles. The van der Waals surface area contributed by atoms with Crippen molar-refractivity contribution in [3.05, 3.63) is 42.2 Å². The topological polar surface area (TPSA) is 74.6 Å². The number of ether oxygens (including phenoxy) is 3. The Morgan fingerprint density at radius 1 is 1.27 bits per heavy atom. The van der Waals surface area contributed by atoms with Crippen LogP contribution in [0.5, 0.6) is 11.5 Å². The zero-order valence-electron chi connectivity index (χ0n) is 14.4. The number of hydrogen-bond donors (Lipinski definition) is 1. The molecule has 2 aliphatic rings. The van der Waals surface area contributed by atoms with Gasteiger partial charge in [0.1, 0.15) is 0 Å². The Bertz CT molecular complexity index is 809. The fourth-order valence-electron chi connectivity index (χ4n) is 3.09. The summed E-state index contributed by atoms with van der Waals surface area (Å²) in [5.74, 6) is 1.80. The van der Waals surface area contributed by atoms with Crippen LogP contribution in [0.4, 0.5) is 5.69 Å². The number of aromatic nitrogens is 2. The van der Waals surface area contributed by atoms with Crippen LogP contribution in [-0.4, -0.2) is 35.7 Å². The van der Waals surface area contributed by atoms with E-state index < -0.39 is 0 Å². The minimum atomic E-state index is -0.201. The molecule has 1 saturated heterocycles. The Kier molecular flexibility index (Phi) is 4.88. The number of benzene rings is 1. The first-order chi connectivity index (χ1) is 12.8. The quantitative estimate of drug-likeness (QED) is 0.835. The van der Waals surface area contributed by atoms with Crippen molar-refractivity contribution in [3.8, 4) is 11.5 Å². The van der Waals surface area contributed by atoms with Gasteiger partial charge in [-0.05, 0) is 42.5 Å². The van der Waals surface area contributed by atoms with Crippen molar-refractivity contribution in [2.75, 3.05) is 25.3 Å². The smallest absolute Gasteiger partial charge is 0.248 e. The van der Waals surface area contributed by atoms with Gasteiger partial charge in [0.15, 0.2) is 11.5 Å². The maximum atomic E-state index is 12.1. The summed E-state index contributed by atoms with van der Waals surface area (Å²) in [5, 5.41) is 7.16. The van der Waals surface area contributed by atoms with Crippen molar-refractivity contribution in [3.63, 3.8) is 0 Å². The monoisotopic (exact) mass is 355 g/mol. The van der Waals surface area contributed by atoms with Gasteiger partial charge >= 0.3 is 0 Å². The van der Waals surface area contributed by atoms with E-state index in [-0.39, 0.29) is 12.7 Å². The Morgan fingerprint density at radius 2 is 2.12 bits per heavy atom. The third-order valence-corrected chi connectivity index (χ3v) is 4.51. The van der Waals surface area contributed by atoms with Crippen LogP contribution in [-0.2, 0) is 16.1 Å². The van der Waals surface area contributed by atoms with Gasteiger partial charge in [-0.15, -0.1) is 0 Å². The number of fused-ring (bicyclic) bond motifs is 1. The van der Waals surface area contributed by atoms with Gasteiger partial charge in [-0.2, -0.15) is 5.10 Å². The molecule has 0 atom stereocenters. The molecule has 2 aliphatic heterocycles. The van der Waals surface area contributed by atoms with Crippen molar-refractivity contribution in [1.82, 2.24) is 9.78 Å². The number of carbonyl (C=O) groups excluding carboxylic acids is 1. The molecule has 1 amide bonds. The van der Waals surface area contributed by atoms with E-state index in [1.165, 1.54) is 6.08 Å². The Balaban J connectivity index is 1.31. The summed E-state index contributed by atoms with van der Waals surface area (Å²) < 4.78 is 17.9. The molecule has 0 aliphatic carbocycles. The van der Waals surface area contributed by atoms with Gasteiger partial charge in [-0.1, -0.05) is 6.07 Å². The first-order valence-corrected chi connectivity index (χ1v) is 8.75. The lowest BCUT2D eigenvalue weighted by molar-refractivity contribution is -0.111. The molecule has 26 heavy (non-hydrogen) atoms. The van der Waals surface area contributed by atoms with Gasteiger partial charge < -0.3 is 19.5 Å². The molecule has 2 aromatic rings. The van der Waals surface area contributed by atoms with Crippen molar-refractivity contribution in [2.45, 2.75) is 19.4 Å². The normalized spacial score (nSPS) is 16.9. The second-order valence-electron chi connectivity index (χ2n) is 6.44. The first-order valence-electron chi connectivity index (χ1n) is 8.75. The van der Waals surface area contributed by atoms with E-state index in [4.69, 9.17) is 14.2 Å². The van der Waals surface area contributed by atoms with E-state index in [2.05, 4.69) is 10.4 Å². The number of hydrogen-bond acceptors (Lipinski definition) is 5. The van der Waals surface area contributed by atoms with Gasteiger partial charge in [-0.3, -0.25) is 9.48 Å². The van der Waals surface area contributed by atoms with Crippen LogP contribution >= 0.6 is 0 Å². The number of rotatable bonds is 5. The summed E-state index contributed by atoms with van der Waals surface area (Å²) in [7, 11) is 0. The zero-order valence-corrected chi connectivity index (χ0v) is 14.4. The lowest BCUT2D eigenvalue weighted by Crippen LogP contribution is -2.20. The third kappa shape index (κ3) is 4.05. The van der Waals surface area contributed by atoms with Crippen LogP contribution in [0.25, 0.3) is 6.08 Å². The number of anilines is 1. The highest BCUT2D eigenvalue weighted by molar-refractivity contribution is 6.01. The number of carbonyl (C=O) groups is 1. The average Bonchev–Trinajstić information content (AvgIpc) is 3.29. The van der Waals surface area contributed by atoms with Crippen LogP contribution in [0, 0.1) is 5.92 Å². The largest absolute Gasteiger partial charge is 0.454 e. The molecular weight excluding hydrogens is 334 g/mol. The van der Waals surface area contributed by atoms with Crippen LogP contribution in [0.1, 0.15) is 18.4 Å². The van der Waals surface area contributed by atoms with Crippen molar-refractivity contribution in [2.24, 2.45) is 5.92 Å². The van der Waals surface area contributed by atoms with E-state index in [0.717, 1.165) is 43.9 Å². The second kappa shape index (κ2) is 7.61. The fourth-order valence-corrected chi connectivity index (χ4v) is 3.09. The number of nitrogens with one attached hydrogen (secondary N) is 1. The predicted octanol–water partition coefficient (Wildman–Crippen LogP) is 2.69. The van der Waals surface area contributed by atoms with Gasteiger partial charge in [-0.25, -0.2) is 0 Å². The molecule has 7 nitrogen and oxygen atoms in total. The number of nitrogens with zero attached hydrogens (tertiary/aromatic N) is 2. The molecule has 4 rings (SSSR count). The van der Waals surface area contributed by atoms with Crippen LogP contribution < -0.4 is 14.8 Å². The predicted molar refractivity (Wildman–Crippen MR) is 96.0 cm³/mol. The third-order valence-electron chi connectivity index (χ3n) is 4.51. The van der Waals surface area contributed by atoms with Gasteiger partial charge in [0.05, 0.1) is 11.9 Å². The maximum absolute atomic E-state index is 12.1. The lowest BCUT2D eigenvalue weighted by atomic mass is 10.0. The standard InChI is InChI=1S/C19H21N3O4/c23-19(4-2-14-1-3-17-18(9-14)26-13-25-17)21-16-10-20-22(12-16)11-15-5-7-24-8-6-15/h1-4,9-10,12,15H,5-8,11,13H2,(H,21,23)/b4-2+. The highest BCUT2D eigenvalue weighted by atomic mass is 16.7. The van der Waals surface area contributed by atoms with Gasteiger partial charge in [0.25, 0.3) is 0 Å². The molecule has 1 N–H and O–H groups in total. The van der Waals surface area contributed by atoms with E-state index in [1.54, 1.807) is 12.3 Å². The molecule has 0 spiro atoms. The molecule has 0 bridgehead atoms. The van der Waals surface area contributed by atoms with Crippen LogP contribution in [0.3, 0.4) is 0 Å². The number of amides is 1. The zero-order chi connectivity index (χ0) is 17.8. The summed E-state index contributed by atoms with van der Waals surface area (Å²) in [6, 6.07) is 5.56. The second-order valence-corrected chi connectivity index (χ2v) is 6.44. The highest BCUT2D eigenvalue weighted by Crippen LogP contribution is 2.32. The molecule has 0 radical (unpaired) electrons. The van der Waals surface area contributed by atoms with Crippen molar-refractivity contribution >= 4 is 17.7 Å². The van der Waals surface area contributed by atoms with E-state index in [9.17, 15) is 4.79 Å². The Morgan fingerprint density at radius 3 is 3.00 bits per heavy atom. The molecule has 1 fully saturated rings. The van der Waals surface area contributed by atoms with Gasteiger partial charge in [0.2, 0.25) is 12.7 Å². The fraction of sp³-hybridized carbons (Fsp3) is 0.368.